The predicted octanol–water partition coefficient (Wildman–Crippen LogP) is 3.95. The lowest BCUT2D eigenvalue weighted by molar-refractivity contribution is -0.142. The highest BCUT2D eigenvalue weighted by Gasteiger charge is 2.30. The van der Waals surface area contributed by atoms with Crippen molar-refractivity contribution in [1.29, 1.82) is 0 Å². The number of rotatable bonds is 7. The minimum Gasteiger partial charge on any atom is -0.468 e. The third-order valence-electron chi connectivity index (χ3n) is 4.53. The summed E-state index contributed by atoms with van der Waals surface area (Å²) in [7, 11) is 1.24. The molecule has 1 fully saturated rings. The molecule has 0 spiro atoms. The number of thioether (sulfide) groups is 1. The number of esters is 1. The lowest BCUT2D eigenvalue weighted by atomic mass is 10.1. The average Bonchev–Trinajstić information content (AvgIpc) is 3.06. The maximum absolute atomic E-state index is 13.1. The highest BCUT2D eigenvalue weighted by Crippen LogP contribution is 2.33. The number of nitrogens with one attached hydrogen (secondary N) is 1. The minimum atomic E-state index is -4.49. The van der Waals surface area contributed by atoms with Crippen LogP contribution in [-0.2, 0) is 27.2 Å². The molecule has 7 nitrogen and oxygen atoms in total. The van der Waals surface area contributed by atoms with Crippen LogP contribution in [0.15, 0.2) is 47.4 Å². The zero-order valence-electron chi connectivity index (χ0n) is 17.3. The molecule has 0 aliphatic carbocycles. The monoisotopic (exact) mass is 480 g/mol. The van der Waals surface area contributed by atoms with E-state index in [-0.39, 0.29) is 28.4 Å². The Labute approximate surface area is 191 Å². The Morgan fingerprint density at radius 2 is 1.88 bits per heavy atom. The number of nitrogens with two attached hydrogens (primary N) is 1. The van der Waals surface area contributed by atoms with E-state index in [4.69, 9.17) is 10.5 Å². The molecule has 0 saturated carbocycles. The van der Waals surface area contributed by atoms with Crippen LogP contribution in [-0.4, -0.2) is 36.4 Å². The van der Waals surface area contributed by atoms with Gasteiger partial charge in [-0.2, -0.15) is 13.2 Å². The standard InChI is InChI=1S/C22H19F3N2O5S/c1-31-20(29)16(26)9-12-2-5-15(6-3-12)32-17-7-4-13(8-14(17)11-22(23,24)25)10-18-19(28)27-21(30)33-18/h2-8,10,16H,9,11,26H2,1H3,(H,27,28,30). The fourth-order valence-electron chi connectivity index (χ4n) is 3.02. The number of hydrogen-bond acceptors (Lipinski definition) is 7. The Bertz CT molecular complexity index is 1100. The molecule has 0 radical (unpaired) electrons. The van der Waals surface area contributed by atoms with E-state index in [1.165, 1.54) is 31.4 Å². The number of amides is 2. The number of methoxy groups -OCH3 is 1. The fourth-order valence-corrected chi connectivity index (χ4v) is 3.71. The van der Waals surface area contributed by atoms with Gasteiger partial charge in [-0.15, -0.1) is 0 Å². The molecule has 2 aromatic rings. The summed E-state index contributed by atoms with van der Waals surface area (Å²) in [6.07, 6.45) is -4.17. The first-order valence-corrected chi connectivity index (χ1v) is 10.4. The quantitative estimate of drug-likeness (QED) is 0.456. The van der Waals surface area contributed by atoms with Crippen molar-refractivity contribution in [1.82, 2.24) is 5.32 Å². The van der Waals surface area contributed by atoms with Gasteiger partial charge in [-0.3, -0.25) is 19.7 Å². The number of alkyl halides is 3. The van der Waals surface area contributed by atoms with E-state index in [2.05, 4.69) is 10.1 Å². The zero-order chi connectivity index (χ0) is 24.2. The SMILES string of the molecule is COC(=O)C(N)Cc1ccc(Oc2ccc(C=C3SC(=O)NC3=O)cc2CC(F)(F)F)cc1. The number of carbonyl (C=O) groups is 3. The van der Waals surface area contributed by atoms with Crippen molar-refractivity contribution in [2.24, 2.45) is 5.73 Å². The summed E-state index contributed by atoms with van der Waals surface area (Å²) in [6, 6.07) is 9.68. The Balaban J connectivity index is 1.81. The van der Waals surface area contributed by atoms with Crippen LogP contribution in [0.25, 0.3) is 6.08 Å². The van der Waals surface area contributed by atoms with E-state index in [1.807, 2.05) is 0 Å². The number of hydrogen-bond donors (Lipinski definition) is 2. The Morgan fingerprint density at radius 3 is 2.45 bits per heavy atom. The summed E-state index contributed by atoms with van der Waals surface area (Å²) >= 11 is 0.673. The maximum Gasteiger partial charge on any atom is 0.393 e. The largest absolute Gasteiger partial charge is 0.468 e. The van der Waals surface area contributed by atoms with Gasteiger partial charge in [0.1, 0.15) is 17.5 Å². The first-order chi connectivity index (χ1) is 15.5. The van der Waals surface area contributed by atoms with E-state index in [0.717, 1.165) is 5.56 Å². The number of halogens is 3. The van der Waals surface area contributed by atoms with Crippen molar-refractivity contribution in [2.75, 3.05) is 7.11 Å². The van der Waals surface area contributed by atoms with Gasteiger partial charge in [-0.1, -0.05) is 18.2 Å². The summed E-state index contributed by atoms with van der Waals surface area (Å²) in [6.45, 7) is 0. The first kappa shape index (κ1) is 24.3. The van der Waals surface area contributed by atoms with Crippen molar-refractivity contribution in [3.05, 3.63) is 64.1 Å². The molecule has 1 unspecified atom stereocenters. The normalized spacial score (nSPS) is 16.0. The molecule has 3 N–H and O–H groups in total. The molecular weight excluding hydrogens is 461 g/mol. The van der Waals surface area contributed by atoms with E-state index in [0.29, 0.717) is 17.3 Å². The summed E-state index contributed by atoms with van der Waals surface area (Å²) in [5, 5.41) is 1.54. The Hall–Kier alpha value is -3.31. The van der Waals surface area contributed by atoms with Crippen LogP contribution in [0.4, 0.5) is 18.0 Å². The highest BCUT2D eigenvalue weighted by molar-refractivity contribution is 8.18. The number of imide groups is 1. The van der Waals surface area contributed by atoms with Crippen molar-refractivity contribution in [2.45, 2.75) is 25.1 Å². The van der Waals surface area contributed by atoms with Gasteiger partial charge in [0.2, 0.25) is 0 Å². The van der Waals surface area contributed by atoms with Crippen LogP contribution in [0.3, 0.4) is 0 Å². The van der Waals surface area contributed by atoms with E-state index < -0.39 is 35.8 Å². The minimum absolute atomic E-state index is 0.00640. The van der Waals surface area contributed by atoms with E-state index in [1.54, 1.807) is 24.3 Å². The molecule has 174 valence electrons. The van der Waals surface area contributed by atoms with Crippen LogP contribution in [0.5, 0.6) is 11.5 Å². The van der Waals surface area contributed by atoms with Crippen LogP contribution in [0.2, 0.25) is 0 Å². The Kier molecular flexibility index (Phi) is 7.44. The second-order valence-electron chi connectivity index (χ2n) is 7.09. The second-order valence-corrected chi connectivity index (χ2v) is 8.11. The molecular formula is C22H19F3N2O5S. The van der Waals surface area contributed by atoms with Crippen molar-refractivity contribution in [3.8, 4) is 11.5 Å². The summed E-state index contributed by atoms with van der Waals surface area (Å²) in [4.78, 5) is 34.5. The highest BCUT2D eigenvalue weighted by atomic mass is 32.2. The molecule has 33 heavy (non-hydrogen) atoms. The van der Waals surface area contributed by atoms with Crippen LogP contribution < -0.4 is 15.8 Å². The zero-order valence-corrected chi connectivity index (χ0v) is 18.1. The lowest BCUT2D eigenvalue weighted by Gasteiger charge is -2.15. The van der Waals surface area contributed by atoms with Gasteiger partial charge in [-0.05, 0) is 59.7 Å². The van der Waals surface area contributed by atoms with Gasteiger partial charge in [0.15, 0.2) is 0 Å². The van der Waals surface area contributed by atoms with Gasteiger partial charge in [0.25, 0.3) is 11.1 Å². The topological polar surface area (TPSA) is 108 Å². The molecule has 0 bridgehead atoms. The van der Waals surface area contributed by atoms with Crippen molar-refractivity contribution >= 4 is 35.0 Å². The summed E-state index contributed by atoms with van der Waals surface area (Å²) < 4.78 is 49.7. The number of benzene rings is 2. The average molecular weight is 480 g/mol. The van der Waals surface area contributed by atoms with E-state index in [9.17, 15) is 27.6 Å². The molecule has 3 rings (SSSR count). The third-order valence-corrected chi connectivity index (χ3v) is 5.34. The first-order valence-electron chi connectivity index (χ1n) is 9.59. The van der Waals surface area contributed by atoms with Gasteiger partial charge >= 0.3 is 12.1 Å². The molecule has 11 heteroatoms. The van der Waals surface area contributed by atoms with Gasteiger partial charge in [-0.25, -0.2) is 0 Å². The molecule has 2 aromatic carbocycles. The smallest absolute Gasteiger partial charge is 0.393 e. The molecule has 1 heterocycles. The molecule has 1 aliphatic heterocycles. The Morgan fingerprint density at radius 1 is 1.18 bits per heavy atom. The number of ether oxygens (including phenoxy) is 2. The molecule has 2 amide bonds. The third kappa shape index (κ3) is 6.83. The van der Waals surface area contributed by atoms with Gasteiger partial charge in [0, 0.05) is 5.56 Å². The molecule has 1 saturated heterocycles. The fraction of sp³-hybridized carbons (Fsp3) is 0.227. The number of carbonyl (C=O) groups excluding carboxylic acids is 3. The van der Waals surface area contributed by atoms with Gasteiger partial charge in [0.05, 0.1) is 18.4 Å². The maximum atomic E-state index is 13.1. The van der Waals surface area contributed by atoms with E-state index >= 15 is 0 Å². The van der Waals surface area contributed by atoms with Crippen molar-refractivity contribution < 1.29 is 37.0 Å². The van der Waals surface area contributed by atoms with Gasteiger partial charge < -0.3 is 15.2 Å². The lowest BCUT2D eigenvalue weighted by Crippen LogP contribution is -2.33. The molecule has 1 atom stereocenters. The molecule has 1 aliphatic rings. The van der Waals surface area contributed by atoms with Crippen molar-refractivity contribution in [3.63, 3.8) is 0 Å². The molecule has 0 aromatic heterocycles. The van der Waals surface area contributed by atoms with Crippen LogP contribution in [0.1, 0.15) is 16.7 Å². The second kappa shape index (κ2) is 10.1. The predicted molar refractivity (Wildman–Crippen MR) is 116 cm³/mol. The van der Waals surface area contributed by atoms with Crippen LogP contribution in [0, 0.1) is 0 Å². The van der Waals surface area contributed by atoms with Crippen LogP contribution >= 0.6 is 11.8 Å². The summed E-state index contributed by atoms with van der Waals surface area (Å²) in [5.74, 6) is -0.876. The summed E-state index contributed by atoms with van der Waals surface area (Å²) in [5.41, 5.74) is 6.63.